The van der Waals surface area contributed by atoms with E-state index in [0.29, 0.717) is 11.3 Å². The molecular weight excluding hydrogens is 342 g/mol. The average Bonchev–Trinajstić information content (AvgIpc) is 2.79. The number of esters is 2. The Morgan fingerprint density at radius 1 is 1.08 bits per heavy atom. The number of aromatic nitrogens is 1. The minimum Gasteiger partial charge on any atom is -0.465 e. The highest BCUT2D eigenvalue weighted by Crippen LogP contribution is 2.20. The number of H-pyrrole nitrogens is 1. The molecule has 0 radical (unpaired) electrons. The number of methoxy groups -OCH3 is 1. The number of hydrogen-bond donors (Lipinski definition) is 3. The van der Waals surface area contributed by atoms with Gasteiger partial charge in [-0.2, -0.15) is 0 Å². The Hall–Kier alpha value is -2.84. The van der Waals surface area contributed by atoms with Crippen molar-refractivity contribution in [3.63, 3.8) is 0 Å². The standard InChI is InChI=1S/C17H25N3O6/c1-8-11(14(22)25-7)9(2)18-12(8)15(23)26-10(3)13(21)19-16(24)20-17(4,5)6/h10,18H,1-7H3,(H2,19,20,21,24). The number of ether oxygens (including phenoxy) is 2. The van der Waals surface area contributed by atoms with Crippen LogP contribution < -0.4 is 10.6 Å². The molecular formula is C17H25N3O6. The van der Waals surface area contributed by atoms with E-state index in [4.69, 9.17) is 4.74 Å². The Balaban J connectivity index is 2.80. The van der Waals surface area contributed by atoms with Gasteiger partial charge < -0.3 is 19.8 Å². The summed E-state index contributed by atoms with van der Waals surface area (Å²) in [6, 6.07) is -0.690. The van der Waals surface area contributed by atoms with Gasteiger partial charge in [0.15, 0.2) is 6.10 Å². The third-order valence-corrected chi connectivity index (χ3v) is 3.41. The summed E-state index contributed by atoms with van der Waals surface area (Å²) in [5, 5.41) is 4.66. The van der Waals surface area contributed by atoms with Gasteiger partial charge in [0.1, 0.15) is 5.69 Å². The van der Waals surface area contributed by atoms with Gasteiger partial charge in [-0.3, -0.25) is 10.1 Å². The molecule has 0 fully saturated rings. The highest BCUT2D eigenvalue weighted by molar-refractivity contribution is 6.00. The Morgan fingerprint density at radius 3 is 2.15 bits per heavy atom. The smallest absolute Gasteiger partial charge is 0.355 e. The average molecular weight is 367 g/mol. The highest BCUT2D eigenvalue weighted by Gasteiger charge is 2.27. The molecule has 3 N–H and O–H groups in total. The SMILES string of the molecule is COC(=O)c1c(C)[nH]c(C(=O)OC(C)C(=O)NC(=O)NC(C)(C)C)c1C. The van der Waals surface area contributed by atoms with Crippen molar-refractivity contribution < 1.29 is 28.7 Å². The van der Waals surface area contributed by atoms with E-state index in [0.717, 1.165) is 0 Å². The molecule has 0 aromatic carbocycles. The largest absolute Gasteiger partial charge is 0.465 e. The molecule has 9 heteroatoms. The van der Waals surface area contributed by atoms with E-state index in [1.165, 1.54) is 14.0 Å². The van der Waals surface area contributed by atoms with E-state index in [2.05, 4.69) is 20.4 Å². The molecule has 144 valence electrons. The summed E-state index contributed by atoms with van der Waals surface area (Å²) in [6.45, 7) is 9.79. The molecule has 9 nitrogen and oxygen atoms in total. The fourth-order valence-corrected chi connectivity index (χ4v) is 2.22. The molecule has 1 aromatic heterocycles. The molecule has 0 aliphatic carbocycles. The Labute approximate surface area is 151 Å². The number of imide groups is 1. The van der Waals surface area contributed by atoms with E-state index in [-0.39, 0.29) is 11.3 Å². The van der Waals surface area contributed by atoms with E-state index in [1.807, 2.05) is 0 Å². The van der Waals surface area contributed by atoms with E-state index < -0.39 is 35.5 Å². The Morgan fingerprint density at radius 2 is 1.65 bits per heavy atom. The zero-order valence-electron chi connectivity index (χ0n) is 16.0. The van der Waals surface area contributed by atoms with Gasteiger partial charge in [-0.15, -0.1) is 0 Å². The maximum Gasteiger partial charge on any atom is 0.355 e. The summed E-state index contributed by atoms with van der Waals surface area (Å²) in [5.41, 5.74) is 0.566. The zero-order chi connectivity index (χ0) is 20.2. The number of aryl methyl sites for hydroxylation is 1. The second-order valence-corrected chi connectivity index (χ2v) is 6.86. The predicted molar refractivity (Wildman–Crippen MR) is 92.9 cm³/mol. The van der Waals surface area contributed by atoms with Gasteiger partial charge in [0.2, 0.25) is 0 Å². The van der Waals surface area contributed by atoms with Crippen LogP contribution in [0.2, 0.25) is 0 Å². The topological polar surface area (TPSA) is 127 Å². The first-order chi connectivity index (χ1) is 11.9. The van der Waals surface area contributed by atoms with Crippen molar-refractivity contribution in [1.82, 2.24) is 15.6 Å². The van der Waals surface area contributed by atoms with Crippen molar-refractivity contribution in [2.75, 3.05) is 7.11 Å². The summed E-state index contributed by atoms with van der Waals surface area (Å²) in [6.07, 6.45) is -1.21. The maximum absolute atomic E-state index is 12.3. The first-order valence-electron chi connectivity index (χ1n) is 7.98. The number of carbonyl (C=O) groups excluding carboxylic acids is 4. The Kier molecular flexibility index (Phi) is 6.55. The van der Waals surface area contributed by atoms with Crippen LogP contribution in [-0.4, -0.2) is 47.6 Å². The first-order valence-corrected chi connectivity index (χ1v) is 7.98. The highest BCUT2D eigenvalue weighted by atomic mass is 16.5. The Bertz CT molecular complexity index is 730. The summed E-state index contributed by atoms with van der Waals surface area (Å²) in [4.78, 5) is 50.5. The monoisotopic (exact) mass is 367 g/mol. The molecule has 1 atom stereocenters. The van der Waals surface area contributed by atoms with Crippen LogP contribution in [0.4, 0.5) is 4.79 Å². The van der Waals surface area contributed by atoms with Crippen LogP contribution in [0.25, 0.3) is 0 Å². The van der Waals surface area contributed by atoms with E-state index in [9.17, 15) is 19.2 Å². The lowest BCUT2D eigenvalue weighted by Gasteiger charge is -2.21. The molecule has 0 spiro atoms. The predicted octanol–water partition coefficient (Wildman–Crippen LogP) is 1.59. The molecule has 1 unspecified atom stereocenters. The van der Waals surface area contributed by atoms with Crippen molar-refractivity contribution in [2.45, 2.75) is 53.2 Å². The molecule has 0 bridgehead atoms. The molecule has 1 heterocycles. The van der Waals surface area contributed by atoms with Gasteiger partial charge in [-0.05, 0) is 47.1 Å². The van der Waals surface area contributed by atoms with Crippen molar-refractivity contribution >= 4 is 23.9 Å². The van der Waals surface area contributed by atoms with Crippen LogP contribution in [0.15, 0.2) is 0 Å². The summed E-state index contributed by atoms with van der Waals surface area (Å²) in [5.74, 6) is -2.17. The van der Waals surface area contributed by atoms with Gasteiger partial charge in [-0.1, -0.05) is 0 Å². The lowest BCUT2D eigenvalue weighted by molar-refractivity contribution is -0.127. The van der Waals surface area contributed by atoms with Crippen molar-refractivity contribution in [2.24, 2.45) is 0 Å². The zero-order valence-corrected chi connectivity index (χ0v) is 16.0. The van der Waals surface area contributed by atoms with Crippen LogP contribution >= 0.6 is 0 Å². The van der Waals surface area contributed by atoms with Crippen LogP contribution in [-0.2, 0) is 14.3 Å². The normalized spacial score (nSPS) is 12.1. The number of urea groups is 1. The van der Waals surface area contributed by atoms with Gasteiger partial charge >= 0.3 is 18.0 Å². The lowest BCUT2D eigenvalue weighted by atomic mass is 10.1. The minimum atomic E-state index is -1.21. The van der Waals surface area contributed by atoms with Crippen LogP contribution in [0.5, 0.6) is 0 Å². The third kappa shape index (κ3) is 5.33. The summed E-state index contributed by atoms with van der Waals surface area (Å²) < 4.78 is 9.75. The first kappa shape index (κ1) is 21.2. The molecule has 0 aliphatic rings. The number of nitrogens with one attached hydrogen (secondary N) is 3. The van der Waals surface area contributed by atoms with Crippen molar-refractivity contribution in [3.05, 3.63) is 22.5 Å². The van der Waals surface area contributed by atoms with Gasteiger partial charge in [0, 0.05) is 11.2 Å². The number of carbonyl (C=O) groups is 4. The summed E-state index contributed by atoms with van der Waals surface area (Å²) in [7, 11) is 1.24. The maximum atomic E-state index is 12.3. The third-order valence-electron chi connectivity index (χ3n) is 3.41. The number of amides is 3. The van der Waals surface area contributed by atoms with E-state index >= 15 is 0 Å². The van der Waals surface area contributed by atoms with Crippen LogP contribution in [0, 0.1) is 13.8 Å². The molecule has 3 amide bonds. The van der Waals surface area contributed by atoms with E-state index in [1.54, 1.807) is 34.6 Å². The second-order valence-electron chi connectivity index (χ2n) is 6.86. The molecule has 0 saturated heterocycles. The number of rotatable bonds is 4. The van der Waals surface area contributed by atoms with Gasteiger partial charge in [0.25, 0.3) is 5.91 Å². The number of hydrogen-bond acceptors (Lipinski definition) is 6. The molecule has 26 heavy (non-hydrogen) atoms. The molecule has 0 saturated carbocycles. The number of aromatic amines is 1. The second kappa shape index (κ2) is 8.03. The van der Waals surface area contributed by atoms with Crippen molar-refractivity contribution in [1.29, 1.82) is 0 Å². The fourth-order valence-electron chi connectivity index (χ4n) is 2.22. The van der Waals surface area contributed by atoms with Crippen LogP contribution in [0.3, 0.4) is 0 Å². The van der Waals surface area contributed by atoms with Gasteiger partial charge in [0.05, 0.1) is 12.7 Å². The summed E-state index contributed by atoms with van der Waals surface area (Å²) >= 11 is 0. The lowest BCUT2D eigenvalue weighted by Crippen LogP contribution is -2.50. The van der Waals surface area contributed by atoms with Crippen molar-refractivity contribution in [3.8, 4) is 0 Å². The fraction of sp³-hybridized carbons (Fsp3) is 0.529. The van der Waals surface area contributed by atoms with Gasteiger partial charge in [-0.25, -0.2) is 14.4 Å². The quantitative estimate of drug-likeness (QED) is 0.694. The molecule has 1 aromatic rings. The molecule has 1 rings (SSSR count). The van der Waals surface area contributed by atoms with Crippen LogP contribution in [0.1, 0.15) is 59.8 Å². The molecule has 0 aliphatic heterocycles. The minimum absolute atomic E-state index is 0.0432.